The van der Waals surface area contributed by atoms with E-state index in [1.807, 2.05) is 12.1 Å². The van der Waals surface area contributed by atoms with Gasteiger partial charge in [0.1, 0.15) is 0 Å². The standard InChI is InChI=1S/C7H5NO2.H2/c9-7-8-5-3-1-2-4-6(5)10-7;/h1-4H,(H,8,9);1H. The maximum atomic E-state index is 10.6. The number of para-hydroxylation sites is 2. The molecular weight excluding hydrogens is 130 g/mol. The van der Waals surface area contributed by atoms with Gasteiger partial charge < -0.3 is 4.42 Å². The van der Waals surface area contributed by atoms with Crippen molar-refractivity contribution in [2.45, 2.75) is 0 Å². The molecule has 2 aromatic rings. The number of nitrogens with one attached hydrogen (secondary N) is 1. The Balaban J connectivity index is 0.000000605. The first-order valence-electron chi connectivity index (χ1n) is 2.94. The van der Waals surface area contributed by atoms with Crippen LogP contribution in [0.15, 0.2) is 33.5 Å². The van der Waals surface area contributed by atoms with E-state index in [0.29, 0.717) is 5.58 Å². The number of rotatable bonds is 0. The van der Waals surface area contributed by atoms with Gasteiger partial charge in [0.15, 0.2) is 5.58 Å². The third kappa shape index (κ3) is 0.639. The van der Waals surface area contributed by atoms with E-state index >= 15 is 0 Å². The van der Waals surface area contributed by atoms with Crippen molar-refractivity contribution in [3.8, 4) is 0 Å². The van der Waals surface area contributed by atoms with Crippen molar-refractivity contribution in [3.05, 3.63) is 34.8 Å². The van der Waals surface area contributed by atoms with E-state index in [1.54, 1.807) is 12.1 Å². The average molecular weight is 137 g/mol. The first-order chi connectivity index (χ1) is 4.86. The van der Waals surface area contributed by atoms with Gasteiger partial charge in [-0.3, -0.25) is 4.98 Å². The van der Waals surface area contributed by atoms with Crippen LogP contribution in [0.3, 0.4) is 0 Å². The molecule has 0 saturated heterocycles. The van der Waals surface area contributed by atoms with Crippen molar-refractivity contribution < 1.29 is 5.84 Å². The van der Waals surface area contributed by atoms with Crippen LogP contribution in [0, 0.1) is 0 Å². The van der Waals surface area contributed by atoms with E-state index in [-0.39, 0.29) is 1.43 Å². The van der Waals surface area contributed by atoms with Gasteiger partial charge >= 0.3 is 5.76 Å². The van der Waals surface area contributed by atoms with E-state index in [0.717, 1.165) is 5.52 Å². The molecule has 1 aromatic carbocycles. The van der Waals surface area contributed by atoms with Gasteiger partial charge in [-0.25, -0.2) is 4.79 Å². The Morgan fingerprint density at radius 3 is 3.00 bits per heavy atom. The van der Waals surface area contributed by atoms with Crippen LogP contribution in [0.25, 0.3) is 11.1 Å². The second-order valence-corrected chi connectivity index (χ2v) is 2.01. The molecule has 10 heavy (non-hydrogen) atoms. The van der Waals surface area contributed by atoms with Crippen LogP contribution >= 0.6 is 0 Å². The number of aromatic amines is 1. The fraction of sp³-hybridized carbons (Fsp3) is 0. The van der Waals surface area contributed by atoms with Crippen LogP contribution in [0.5, 0.6) is 0 Å². The Bertz CT molecular complexity index is 368. The highest BCUT2D eigenvalue weighted by Crippen LogP contribution is 2.06. The molecule has 0 spiro atoms. The fourth-order valence-electron chi connectivity index (χ4n) is 0.894. The van der Waals surface area contributed by atoms with Gasteiger partial charge in [-0.1, -0.05) is 12.1 Å². The number of aromatic nitrogens is 1. The molecule has 0 unspecified atom stereocenters. The zero-order valence-electron chi connectivity index (χ0n) is 5.13. The molecule has 1 N–H and O–H groups in total. The van der Waals surface area contributed by atoms with E-state index in [4.69, 9.17) is 4.42 Å². The summed E-state index contributed by atoms with van der Waals surface area (Å²) in [5, 5.41) is 0. The van der Waals surface area contributed by atoms with Crippen LogP contribution in [-0.2, 0) is 0 Å². The predicted octanol–water partition coefficient (Wildman–Crippen LogP) is 1.37. The third-order valence-corrected chi connectivity index (χ3v) is 1.33. The molecular formula is C7H7NO2. The summed E-state index contributed by atoms with van der Waals surface area (Å²) in [6.07, 6.45) is 0. The van der Waals surface area contributed by atoms with Crippen molar-refractivity contribution in [3.63, 3.8) is 0 Å². The number of hydrogen-bond donors (Lipinski definition) is 1. The quantitative estimate of drug-likeness (QED) is 0.596. The number of fused-ring (bicyclic) bond motifs is 1. The van der Waals surface area contributed by atoms with Crippen LogP contribution in [-0.4, -0.2) is 4.98 Å². The number of benzene rings is 1. The Labute approximate surface area is 57.8 Å². The van der Waals surface area contributed by atoms with Gasteiger partial charge in [-0.05, 0) is 12.1 Å². The number of hydrogen-bond acceptors (Lipinski definition) is 2. The highest BCUT2D eigenvalue weighted by molar-refractivity contribution is 5.71. The minimum Gasteiger partial charge on any atom is -0.408 e. The molecule has 52 valence electrons. The first kappa shape index (κ1) is 5.29. The summed E-state index contributed by atoms with van der Waals surface area (Å²) in [5.74, 6) is -0.402. The molecule has 0 fully saturated rings. The molecule has 2 rings (SSSR count). The minimum absolute atomic E-state index is 0. The summed E-state index contributed by atoms with van der Waals surface area (Å²) in [6.45, 7) is 0. The number of oxazole rings is 1. The SMILES string of the molecule is O=c1[nH]c2ccccc2o1.[HH]. The van der Waals surface area contributed by atoms with Gasteiger partial charge in [0.2, 0.25) is 0 Å². The summed E-state index contributed by atoms with van der Waals surface area (Å²) in [6, 6.07) is 7.19. The molecule has 0 atom stereocenters. The molecule has 0 radical (unpaired) electrons. The first-order valence-corrected chi connectivity index (χ1v) is 2.94. The second kappa shape index (κ2) is 1.73. The molecule has 1 aromatic heterocycles. The summed E-state index contributed by atoms with van der Waals surface area (Å²) >= 11 is 0. The molecule has 0 bridgehead atoms. The molecule has 0 saturated carbocycles. The van der Waals surface area contributed by atoms with Gasteiger partial charge in [0.05, 0.1) is 5.52 Å². The molecule has 0 aliphatic rings. The predicted molar refractivity (Wildman–Crippen MR) is 38.9 cm³/mol. The second-order valence-electron chi connectivity index (χ2n) is 2.01. The summed E-state index contributed by atoms with van der Waals surface area (Å²) in [4.78, 5) is 13.1. The van der Waals surface area contributed by atoms with Crippen LogP contribution in [0.1, 0.15) is 1.43 Å². The largest absolute Gasteiger partial charge is 0.417 e. The van der Waals surface area contributed by atoms with E-state index in [1.165, 1.54) is 0 Å². The lowest BCUT2D eigenvalue weighted by Gasteiger charge is -1.79. The normalized spacial score (nSPS) is 10.4. The van der Waals surface area contributed by atoms with Crippen LogP contribution < -0.4 is 5.76 Å². The Morgan fingerprint density at radius 2 is 2.20 bits per heavy atom. The van der Waals surface area contributed by atoms with Gasteiger partial charge in [0, 0.05) is 1.43 Å². The topological polar surface area (TPSA) is 46.0 Å². The zero-order chi connectivity index (χ0) is 6.97. The van der Waals surface area contributed by atoms with Crippen molar-refractivity contribution in [1.29, 1.82) is 0 Å². The van der Waals surface area contributed by atoms with Crippen molar-refractivity contribution >= 4 is 11.1 Å². The van der Waals surface area contributed by atoms with Crippen molar-refractivity contribution in [2.75, 3.05) is 0 Å². The summed E-state index contributed by atoms with van der Waals surface area (Å²) in [7, 11) is 0. The highest BCUT2D eigenvalue weighted by Gasteiger charge is 1.95. The lowest BCUT2D eigenvalue weighted by Crippen LogP contribution is -1.92. The summed E-state index contributed by atoms with van der Waals surface area (Å²) < 4.78 is 4.76. The zero-order valence-corrected chi connectivity index (χ0v) is 5.13. The molecule has 3 heteroatoms. The van der Waals surface area contributed by atoms with Crippen molar-refractivity contribution in [2.24, 2.45) is 0 Å². The van der Waals surface area contributed by atoms with Crippen LogP contribution in [0.2, 0.25) is 0 Å². The summed E-state index contributed by atoms with van der Waals surface area (Å²) in [5.41, 5.74) is 1.35. The lowest BCUT2D eigenvalue weighted by molar-refractivity contribution is 0.555. The maximum absolute atomic E-state index is 10.6. The van der Waals surface area contributed by atoms with E-state index < -0.39 is 5.76 Å². The Morgan fingerprint density at radius 1 is 1.40 bits per heavy atom. The average Bonchev–Trinajstić information content (AvgIpc) is 2.27. The third-order valence-electron chi connectivity index (χ3n) is 1.33. The smallest absolute Gasteiger partial charge is 0.408 e. The van der Waals surface area contributed by atoms with E-state index in [2.05, 4.69) is 4.98 Å². The number of H-pyrrole nitrogens is 1. The molecule has 0 aliphatic carbocycles. The lowest BCUT2D eigenvalue weighted by atomic mass is 10.3. The van der Waals surface area contributed by atoms with Gasteiger partial charge in [0.25, 0.3) is 0 Å². The van der Waals surface area contributed by atoms with Gasteiger partial charge in [-0.2, -0.15) is 0 Å². The Hall–Kier alpha value is -1.51. The molecule has 0 aliphatic heterocycles. The Kier molecular flexibility index (Phi) is 0.917. The maximum Gasteiger partial charge on any atom is 0.417 e. The van der Waals surface area contributed by atoms with Crippen molar-refractivity contribution in [1.82, 2.24) is 4.98 Å². The van der Waals surface area contributed by atoms with Crippen LogP contribution in [0.4, 0.5) is 0 Å². The molecule has 3 nitrogen and oxygen atoms in total. The monoisotopic (exact) mass is 137 g/mol. The molecule has 0 amide bonds. The minimum atomic E-state index is -0.402. The van der Waals surface area contributed by atoms with E-state index in [9.17, 15) is 4.79 Å². The molecule has 1 heterocycles. The van der Waals surface area contributed by atoms with Gasteiger partial charge in [-0.15, -0.1) is 0 Å². The highest BCUT2D eigenvalue weighted by atomic mass is 16.4. The fourth-order valence-corrected chi connectivity index (χ4v) is 0.894.